The molecule has 0 aromatic carbocycles. The van der Waals surface area contributed by atoms with Crippen LogP contribution >= 0.6 is 10.3 Å². The number of methoxy groups -OCH3 is 1. The molecule has 0 saturated carbocycles. The summed E-state index contributed by atoms with van der Waals surface area (Å²) >= 11 is 0. The van der Waals surface area contributed by atoms with Gasteiger partial charge in [0, 0.05) is 17.8 Å². The van der Waals surface area contributed by atoms with Crippen LogP contribution in [0, 0.1) is 0 Å². The first-order valence-corrected chi connectivity index (χ1v) is 11.9. The predicted octanol–water partition coefficient (Wildman–Crippen LogP) is 1.44. The molecule has 8 heteroatoms. The molecule has 0 spiro atoms. The Bertz CT molecular complexity index is 510. The van der Waals surface area contributed by atoms with E-state index in [0.717, 1.165) is 0 Å². The molecule has 1 aliphatic heterocycles. The van der Waals surface area contributed by atoms with E-state index in [1.54, 1.807) is 0 Å². The number of carbonyl (C=O) groups excluding carboxylic acids is 1. The van der Waals surface area contributed by atoms with E-state index in [0.29, 0.717) is 13.1 Å². The summed E-state index contributed by atoms with van der Waals surface area (Å²) in [5, 5.41) is 0. The molecule has 138 valence electrons. The first-order chi connectivity index (χ1) is 10.3. The van der Waals surface area contributed by atoms with Crippen LogP contribution in [0.3, 0.4) is 0 Å². The maximum atomic E-state index is 12.3. The zero-order valence-electron chi connectivity index (χ0n) is 15.3. The third-order valence-electron chi connectivity index (χ3n) is 4.53. The zero-order chi connectivity index (χ0) is 18.1. The van der Waals surface area contributed by atoms with Gasteiger partial charge in [0.05, 0.1) is 24.7 Å². The Kier molecular flexibility index (Phi) is 6.57. The van der Waals surface area contributed by atoms with Crippen molar-refractivity contribution in [2.75, 3.05) is 44.2 Å². The standard InChI is InChI=1S/C15H31NO5S2/c1-12(21-22(6,7)15(2,3)4)13(14(17)20-5)16-8-10-23(18,19)11-9-16/h12-13H,8-11H2,1-7H3/t12?,13-/m1/s1. The SMILES string of the molecule is COC(=O)[C@@H](C(C)OS(C)(C)C(C)(C)C)N1CCS(=O)(=O)CC1. The number of hydrogen-bond donors (Lipinski definition) is 0. The molecule has 0 aromatic heterocycles. The van der Waals surface area contributed by atoms with Crippen molar-refractivity contribution in [3.05, 3.63) is 0 Å². The number of rotatable bonds is 5. The lowest BCUT2D eigenvalue weighted by molar-refractivity contribution is -0.150. The predicted molar refractivity (Wildman–Crippen MR) is 95.8 cm³/mol. The fraction of sp³-hybridized carbons (Fsp3) is 0.933. The Hall–Kier alpha value is -0.310. The van der Waals surface area contributed by atoms with Crippen molar-refractivity contribution in [1.29, 1.82) is 0 Å². The maximum Gasteiger partial charge on any atom is 0.325 e. The summed E-state index contributed by atoms with van der Waals surface area (Å²) in [6, 6.07) is -0.579. The van der Waals surface area contributed by atoms with Crippen LogP contribution in [-0.2, 0) is 23.6 Å². The third kappa shape index (κ3) is 5.34. The minimum absolute atomic E-state index is 0.0207. The average Bonchev–Trinajstić information content (AvgIpc) is 2.38. The van der Waals surface area contributed by atoms with E-state index in [1.165, 1.54) is 7.11 Å². The largest absolute Gasteiger partial charge is 0.468 e. The Balaban J connectivity index is 2.93. The summed E-state index contributed by atoms with van der Waals surface area (Å²) in [7, 11) is -3.04. The second kappa shape index (κ2) is 7.29. The van der Waals surface area contributed by atoms with Crippen LogP contribution in [0.2, 0.25) is 0 Å². The normalized spacial score (nSPS) is 23.1. The first-order valence-electron chi connectivity index (χ1n) is 7.74. The van der Waals surface area contributed by atoms with Gasteiger partial charge >= 0.3 is 5.97 Å². The number of carbonyl (C=O) groups is 1. The summed E-state index contributed by atoms with van der Waals surface area (Å²) in [5.74, 6) is -0.230. The van der Waals surface area contributed by atoms with Gasteiger partial charge in [-0.1, -0.05) is 20.8 Å². The van der Waals surface area contributed by atoms with Crippen LogP contribution in [0.15, 0.2) is 0 Å². The zero-order valence-corrected chi connectivity index (χ0v) is 16.9. The summed E-state index contributed by atoms with van der Waals surface area (Å²) in [6.07, 6.45) is 3.80. The molecular weight excluding hydrogens is 338 g/mol. The Morgan fingerprint density at radius 1 is 1.17 bits per heavy atom. The lowest BCUT2D eigenvalue weighted by atomic mass is 10.1. The molecule has 1 saturated heterocycles. The van der Waals surface area contributed by atoms with Gasteiger partial charge in [-0.3, -0.25) is 9.69 Å². The number of hydrogen-bond acceptors (Lipinski definition) is 6. The van der Waals surface area contributed by atoms with Gasteiger partial charge in [-0.25, -0.2) is 8.42 Å². The molecule has 0 N–H and O–H groups in total. The molecule has 0 bridgehead atoms. The van der Waals surface area contributed by atoms with E-state index in [-0.39, 0.29) is 28.3 Å². The molecular formula is C15H31NO5S2. The van der Waals surface area contributed by atoms with Crippen LogP contribution in [0.5, 0.6) is 0 Å². The molecule has 2 atom stereocenters. The Morgan fingerprint density at radius 3 is 2.04 bits per heavy atom. The number of ether oxygens (including phenoxy) is 1. The van der Waals surface area contributed by atoms with E-state index >= 15 is 0 Å². The van der Waals surface area contributed by atoms with E-state index in [9.17, 15) is 13.2 Å². The van der Waals surface area contributed by atoms with Crippen molar-refractivity contribution in [1.82, 2.24) is 4.90 Å². The van der Waals surface area contributed by atoms with Crippen molar-refractivity contribution >= 4 is 26.1 Å². The van der Waals surface area contributed by atoms with E-state index in [2.05, 4.69) is 33.3 Å². The molecule has 0 radical (unpaired) electrons. The molecule has 1 heterocycles. The summed E-state index contributed by atoms with van der Waals surface area (Å²) in [5.41, 5.74) is 0. The lowest BCUT2D eigenvalue weighted by Crippen LogP contribution is -2.55. The van der Waals surface area contributed by atoms with Crippen molar-refractivity contribution in [3.8, 4) is 0 Å². The van der Waals surface area contributed by atoms with Gasteiger partial charge in [0.1, 0.15) is 6.04 Å². The number of nitrogens with zero attached hydrogens (tertiary/aromatic N) is 1. The molecule has 1 unspecified atom stereocenters. The number of esters is 1. The second-order valence-corrected chi connectivity index (χ2v) is 13.5. The van der Waals surface area contributed by atoms with E-state index < -0.39 is 26.2 Å². The molecule has 23 heavy (non-hydrogen) atoms. The summed E-state index contributed by atoms with van der Waals surface area (Å²) < 4.78 is 34.4. The Morgan fingerprint density at radius 2 is 1.65 bits per heavy atom. The minimum Gasteiger partial charge on any atom is -0.468 e. The molecule has 0 aliphatic carbocycles. The molecule has 0 amide bonds. The maximum absolute atomic E-state index is 12.3. The average molecular weight is 370 g/mol. The fourth-order valence-electron chi connectivity index (χ4n) is 2.34. The van der Waals surface area contributed by atoms with E-state index in [1.807, 2.05) is 11.8 Å². The highest BCUT2D eigenvalue weighted by Gasteiger charge is 2.40. The van der Waals surface area contributed by atoms with Gasteiger partial charge in [0.2, 0.25) is 0 Å². The minimum atomic E-state index is -3.00. The second-order valence-electron chi connectivity index (χ2n) is 7.30. The highest BCUT2D eigenvalue weighted by atomic mass is 32.3. The van der Waals surface area contributed by atoms with Crippen LogP contribution in [-0.4, -0.2) is 80.4 Å². The summed E-state index contributed by atoms with van der Waals surface area (Å²) in [6.45, 7) is 8.90. The van der Waals surface area contributed by atoms with Gasteiger partial charge in [-0.2, -0.15) is 0 Å². The van der Waals surface area contributed by atoms with Crippen LogP contribution in [0.1, 0.15) is 27.7 Å². The quantitative estimate of drug-likeness (QED) is 0.683. The molecule has 1 fully saturated rings. The summed E-state index contributed by atoms with van der Waals surface area (Å²) in [4.78, 5) is 14.1. The molecule has 1 aliphatic rings. The highest BCUT2D eigenvalue weighted by molar-refractivity contribution is 8.29. The topological polar surface area (TPSA) is 72.9 Å². The van der Waals surface area contributed by atoms with Crippen LogP contribution in [0.25, 0.3) is 0 Å². The number of sulfone groups is 1. The van der Waals surface area contributed by atoms with Gasteiger partial charge in [-0.15, -0.1) is 10.3 Å². The van der Waals surface area contributed by atoms with Crippen molar-refractivity contribution in [3.63, 3.8) is 0 Å². The lowest BCUT2D eigenvalue weighted by Gasteiger charge is -2.47. The van der Waals surface area contributed by atoms with Gasteiger partial charge in [-0.05, 0) is 19.4 Å². The van der Waals surface area contributed by atoms with Crippen molar-refractivity contribution in [2.45, 2.75) is 44.6 Å². The van der Waals surface area contributed by atoms with Crippen LogP contribution in [0.4, 0.5) is 0 Å². The molecule has 0 aromatic rings. The van der Waals surface area contributed by atoms with E-state index in [4.69, 9.17) is 8.92 Å². The van der Waals surface area contributed by atoms with Crippen molar-refractivity contribution < 1.29 is 22.1 Å². The van der Waals surface area contributed by atoms with Gasteiger partial charge < -0.3 is 8.92 Å². The third-order valence-corrected chi connectivity index (χ3v) is 9.87. The smallest absolute Gasteiger partial charge is 0.325 e. The van der Waals surface area contributed by atoms with Gasteiger partial charge in [0.15, 0.2) is 9.84 Å². The van der Waals surface area contributed by atoms with Crippen molar-refractivity contribution in [2.24, 2.45) is 0 Å². The van der Waals surface area contributed by atoms with Crippen LogP contribution < -0.4 is 0 Å². The fourth-order valence-corrected chi connectivity index (χ4v) is 4.72. The first kappa shape index (κ1) is 20.7. The highest BCUT2D eigenvalue weighted by Crippen LogP contribution is 2.54. The van der Waals surface area contributed by atoms with Gasteiger partial charge in [0.25, 0.3) is 0 Å². The molecule has 6 nitrogen and oxygen atoms in total. The monoisotopic (exact) mass is 369 g/mol. The Labute approximate surface area is 142 Å². The molecule has 1 rings (SSSR count).